The van der Waals surface area contributed by atoms with Crippen LogP contribution < -0.4 is 0 Å². The molecular weight excluding hydrogens is 695 g/mol. The molecule has 244 valence electrons. The third-order valence-electron chi connectivity index (χ3n) is 8.19. The fourth-order valence-corrected chi connectivity index (χ4v) is 5.69. The average Bonchev–Trinajstić information content (AvgIpc) is 3.59. The van der Waals surface area contributed by atoms with Crippen molar-refractivity contribution >= 4 is 53.2 Å². The van der Waals surface area contributed by atoms with Gasteiger partial charge in [0.1, 0.15) is 0 Å². The van der Waals surface area contributed by atoms with Crippen molar-refractivity contribution in [1.82, 2.24) is 0 Å². The number of benzene rings is 4. The summed E-state index contributed by atoms with van der Waals surface area (Å²) in [4.78, 5) is 0. The Kier molecular flexibility index (Phi) is 18.0. The molecular formula is C42H50Cl2SiZr-4. The summed E-state index contributed by atoms with van der Waals surface area (Å²) < 4.78 is 0. The van der Waals surface area contributed by atoms with Crippen molar-refractivity contribution in [3.63, 3.8) is 0 Å². The van der Waals surface area contributed by atoms with Crippen molar-refractivity contribution in [2.24, 2.45) is 0 Å². The van der Waals surface area contributed by atoms with Crippen molar-refractivity contribution in [1.29, 1.82) is 0 Å². The molecule has 4 heteroatoms. The Morgan fingerprint density at radius 2 is 1.24 bits per heavy atom. The Balaban J connectivity index is 0.000000782. The molecule has 0 N–H and O–H groups in total. The molecule has 0 spiro atoms. The predicted molar refractivity (Wildman–Crippen MR) is 210 cm³/mol. The Morgan fingerprint density at radius 1 is 0.630 bits per heavy atom. The number of hydrogen-bond acceptors (Lipinski definition) is 0. The second kappa shape index (κ2) is 18.9. The van der Waals surface area contributed by atoms with Gasteiger partial charge in [0.25, 0.3) is 0 Å². The van der Waals surface area contributed by atoms with Gasteiger partial charge in [-0.25, -0.2) is 0 Å². The fraction of sp³-hybridized carbons (Fsp3) is 0.238. The van der Waals surface area contributed by atoms with Crippen LogP contribution in [0.25, 0.3) is 43.8 Å². The maximum atomic E-state index is 3.06. The summed E-state index contributed by atoms with van der Waals surface area (Å²) in [5.74, 6) is 0.573. The molecule has 2 radical (unpaired) electrons. The monoisotopic (exact) mass is 742 g/mol. The summed E-state index contributed by atoms with van der Waals surface area (Å²) in [6.45, 7) is 20.9. The normalized spacial score (nSPS) is 10.3. The van der Waals surface area contributed by atoms with Gasteiger partial charge in [0.15, 0.2) is 0 Å². The third kappa shape index (κ3) is 9.90. The van der Waals surface area contributed by atoms with Crippen molar-refractivity contribution in [3.8, 4) is 22.3 Å². The van der Waals surface area contributed by atoms with Gasteiger partial charge in [-0.05, 0) is 40.5 Å². The molecule has 6 aromatic carbocycles. The minimum atomic E-state index is 0. The van der Waals surface area contributed by atoms with Gasteiger partial charge in [-0.15, -0.1) is 93.4 Å². The van der Waals surface area contributed by atoms with Crippen LogP contribution in [-0.2, 0) is 28.8 Å². The molecule has 0 heterocycles. The molecule has 0 atom stereocenters. The molecule has 0 aliphatic carbocycles. The SMILES string of the molecule is CC(C)c1cc2c(-c3ccc(C(C)(C)C)cc3)cccc2[cH-]1.Cc1cc2c(-c3ccccc3C)ccc(C)c2[cH-]1.Cl.Cl.[CH3-].[CH3-].[Si]=[Zr]. The summed E-state index contributed by atoms with van der Waals surface area (Å²) in [5, 5.41) is 5.48. The fourth-order valence-electron chi connectivity index (χ4n) is 5.69. The van der Waals surface area contributed by atoms with Crippen LogP contribution in [-0.4, -0.2) is 6.88 Å². The van der Waals surface area contributed by atoms with Crippen LogP contribution in [0.15, 0.2) is 103 Å². The molecule has 0 amide bonds. The first-order valence-corrected chi connectivity index (χ1v) is 19.0. The average molecular weight is 745 g/mol. The quantitative estimate of drug-likeness (QED) is 0.125. The Labute approximate surface area is 309 Å². The van der Waals surface area contributed by atoms with Crippen LogP contribution in [0.5, 0.6) is 0 Å². The number of fused-ring (bicyclic) bond motifs is 2. The topological polar surface area (TPSA) is 0 Å². The maximum absolute atomic E-state index is 3.06. The summed E-state index contributed by atoms with van der Waals surface area (Å²) in [5.41, 5.74) is 12.4. The van der Waals surface area contributed by atoms with Crippen LogP contribution >= 0.6 is 24.8 Å². The molecule has 0 aliphatic rings. The van der Waals surface area contributed by atoms with E-state index >= 15 is 0 Å². The Bertz CT molecular complexity index is 1800. The van der Waals surface area contributed by atoms with Gasteiger partial charge in [-0.2, -0.15) is 12.1 Å². The van der Waals surface area contributed by atoms with E-state index in [1.54, 1.807) is 0 Å². The van der Waals surface area contributed by atoms with E-state index in [4.69, 9.17) is 0 Å². The van der Waals surface area contributed by atoms with Gasteiger partial charge in [-0.1, -0.05) is 120 Å². The van der Waals surface area contributed by atoms with Crippen LogP contribution in [0, 0.1) is 35.6 Å². The van der Waals surface area contributed by atoms with Gasteiger partial charge < -0.3 is 14.9 Å². The molecule has 0 nitrogen and oxygen atoms in total. The van der Waals surface area contributed by atoms with Gasteiger partial charge in [0, 0.05) is 0 Å². The molecule has 0 fully saturated rings. The van der Waals surface area contributed by atoms with Crippen LogP contribution in [0.1, 0.15) is 68.4 Å². The number of rotatable bonds is 3. The Morgan fingerprint density at radius 3 is 1.83 bits per heavy atom. The molecule has 0 saturated carbocycles. The number of aryl methyl sites for hydroxylation is 3. The van der Waals surface area contributed by atoms with E-state index in [9.17, 15) is 0 Å². The zero-order valence-corrected chi connectivity index (χ0v) is 34.3. The molecule has 0 saturated heterocycles. The van der Waals surface area contributed by atoms with Crippen LogP contribution in [0.2, 0.25) is 0 Å². The zero-order chi connectivity index (χ0) is 30.6. The standard InChI is InChI=1S/C22H25.C18H17.2CH3.2ClH.Si.Zr/c1-15(2)18-13-17-7-6-8-20(21(17)14-18)16-9-11-19(12-10-16)22(3,4)5;1-12-10-17-14(3)8-9-16(18(17)11-12)15-7-5-4-6-13(15)2;;;;;;/h6-15H,1-5H3;4-11H,1-3H3;2*1H3;2*1H;;/q4*-1;;;;. The van der Waals surface area contributed by atoms with Crippen molar-refractivity contribution < 1.29 is 23.3 Å². The molecule has 0 aromatic heterocycles. The Hall–Kier alpha value is -2.22. The molecule has 0 aliphatic heterocycles. The van der Waals surface area contributed by atoms with Crippen molar-refractivity contribution in [2.45, 2.75) is 66.7 Å². The van der Waals surface area contributed by atoms with E-state index in [1.165, 1.54) is 95.0 Å². The summed E-state index contributed by atoms with van der Waals surface area (Å²) in [6, 6.07) is 38.0. The van der Waals surface area contributed by atoms with E-state index in [0.717, 1.165) is 0 Å². The molecule has 0 unspecified atom stereocenters. The van der Waals surface area contributed by atoms with Gasteiger partial charge >= 0.3 is 30.2 Å². The number of hydrogen-bond donors (Lipinski definition) is 0. The van der Waals surface area contributed by atoms with E-state index in [0.29, 0.717) is 5.92 Å². The van der Waals surface area contributed by atoms with E-state index < -0.39 is 0 Å². The van der Waals surface area contributed by atoms with Gasteiger partial charge in [0.05, 0.1) is 0 Å². The van der Waals surface area contributed by atoms with Gasteiger partial charge in [-0.3, -0.25) is 0 Å². The second-order valence-corrected chi connectivity index (χ2v) is 12.7. The molecule has 6 rings (SSSR count). The second-order valence-electron chi connectivity index (χ2n) is 12.7. The predicted octanol–water partition coefficient (Wildman–Crippen LogP) is 13.2. The first-order valence-electron chi connectivity index (χ1n) is 14.8. The van der Waals surface area contributed by atoms with Crippen molar-refractivity contribution in [3.05, 3.63) is 146 Å². The first-order chi connectivity index (χ1) is 20.0. The van der Waals surface area contributed by atoms with Crippen molar-refractivity contribution in [2.75, 3.05) is 0 Å². The summed E-state index contributed by atoms with van der Waals surface area (Å²) in [6.07, 6.45) is 0. The van der Waals surface area contributed by atoms with E-state index in [1.807, 2.05) is 0 Å². The van der Waals surface area contributed by atoms with Crippen LogP contribution in [0.4, 0.5) is 0 Å². The molecule has 0 bridgehead atoms. The summed E-state index contributed by atoms with van der Waals surface area (Å²) >= 11 is 1.36. The first kappa shape index (κ1) is 43.8. The van der Waals surface area contributed by atoms with E-state index in [-0.39, 0.29) is 45.1 Å². The summed E-state index contributed by atoms with van der Waals surface area (Å²) in [7, 11) is 0. The molecule has 6 aromatic rings. The van der Waals surface area contributed by atoms with E-state index in [2.05, 4.69) is 165 Å². The minimum absolute atomic E-state index is 0. The third-order valence-corrected chi connectivity index (χ3v) is 8.19. The zero-order valence-electron chi connectivity index (χ0n) is 29.2. The van der Waals surface area contributed by atoms with Crippen LogP contribution in [0.3, 0.4) is 0 Å². The number of halogens is 2. The van der Waals surface area contributed by atoms with Gasteiger partial charge in [0.2, 0.25) is 0 Å². The molecule has 46 heavy (non-hydrogen) atoms.